The summed E-state index contributed by atoms with van der Waals surface area (Å²) in [5, 5.41) is 2.80. The van der Waals surface area contributed by atoms with E-state index in [2.05, 4.69) is 12.2 Å². The van der Waals surface area contributed by atoms with Crippen molar-refractivity contribution in [1.82, 2.24) is 0 Å². The Hall–Kier alpha value is -2.82. The van der Waals surface area contributed by atoms with Crippen LogP contribution in [0.25, 0.3) is 0 Å². The van der Waals surface area contributed by atoms with Crippen molar-refractivity contribution in [2.45, 2.75) is 39.7 Å². The lowest BCUT2D eigenvalue weighted by Gasteiger charge is -2.17. The molecule has 2 aromatic carbocycles. The fourth-order valence-corrected chi connectivity index (χ4v) is 2.45. The monoisotopic (exact) mass is 355 g/mol. The number of aryl methyl sites for hydroxylation is 1. The number of hydrogen-bond donors (Lipinski definition) is 1. The molecule has 26 heavy (non-hydrogen) atoms. The highest BCUT2D eigenvalue weighted by atomic mass is 16.5. The van der Waals surface area contributed by atoms with Crippen molar-refractivity contribution in [3.63, 3.8) is 0 Å². The van der Waals surface area contributed by atoms with Crippen molar-refractivity contribution in [3.05, 3.63) is 59.7 Å². The van der Waals surface area contributed by atoms with Crippen LogP contribution in [0.15, 0.2) is 48.5 Å². The molecule has 0 spiro atoms. The van der Waals surface area contributed by atoms with Gasteiger partial charge in [0.15, 0.2) is 6.10 Å². The fourth-order valence-electron chi connectivity index (χ4n) is 2.45. The Kier molecular flexibility index (Phi) is 7.21. The van der Waals surface area contributed by atoms with Gasteiger partial charge in [-0.25, -0.2) is 4.79 Å². The summed E-state index contributed by atoms with van der Waals surface area (Å²) < 4.78 is 10.8. The topological polar surface area (TPSA) is 64.6 Å². The van der Waals surface area contributed by atoms with Gasteiger partial charge in [0.25, 0.3) is 5.91 Å². The minimum Gasteiger partial charge on any atom is -0.481 e. The van der Waals surface area contributed by atoms with Crippen LogP contribution < -0.4 is 10.1 Å². The first kappa shape index (κ1) is 19.5. The van der Waals surface area contributed by atoms with Gasteiger partial charge in [-0.05, 0) is 55.7 Å². The number of nitrogens with one attached hydrogen (secondary N) is 1. The van der Waals surface area contributed by atoms with Crippen molar-refractivity contribution < 1.29 is 19.1 Å². The number of benzene rings is 2. The molecular weight excluding hydrogens is 330 g/mol. The average molecular weight is 355 g/mol. The Labute approximate surface area is 154 Å². The van der Waals surface area contributed by atoms with Crippen LogP contribution in [0, 0.1) is 0 Å². The van der Waals surface area contributed by atoms with Gasteiger partial charge in [-0.1, -0.05) is 32.0 Å². The fraction of sp³-hybridized carbons (Fsp3) is 0.333. The Morgan fingerprint density at radius 1 is 1.04 bits per heavy atom. The summed E-state index contributed by atoms with van der Waals surface area (Å²) in [6.07, 6.45) is 0.863. The maximum Gasteiger partial charge on any atom is 0.338 e. The van der Waals surface area contributed by atoms with Crippen LogP contribution in [0.5, 0.6) is 5.75 Å². The first-order valence-corrected chi connectivity index (χ1v) is 8.91. The first-order valence-electron chi connectivity index (χ1n) is 8.91. The second kappa shape index (κ2) is 9.61. The van der Waals surface area contributed by atoms with Crippen molar-refractivity contribution in [2.24, 2.45) is 0 Å². The van der Waals surface area contributed by atoms with E-state index in [0.29, 0.717) is 30.0 Å². The molecule has 0 aliphatic rings. The molecule has 0 bridgehead atoms. The highest BCUT2D eigenvalue weighted by Gasteiger charge is 2.19. The van der Waals surface area contributed by atoms with Gasteiger partial charge in [-0.15, -0.1) is 0 Å². The number of carbonyl (C=O) groups is 2. The first-order chi connectivity index (χ1) is 12.6. The van der Waals surface area contributed by atoms with E-state index in [9.17, 15) is 9.59 Å². The molecule has 0 unspecified atom stereocenters. The molecule has 2 rings (SSSR count). The Bertz CT molecular complexity index is 740. The molecular formula is C21H25NO4. The molecule has 5 heteroatoms. The number of anilines is 1. The molecule has 1 atom stereocenters. The third kappa shape index (κ3) is 5.34. The predicted octanol–water partition coefficient (Wildman–Crippen LogP) is 4.22. The van der Waals surface area contributed by atoms with Crippen LogP contribution in [0.1, 0.15) is 43.1 Å². The Morgan fingerprint density at radius 2 is 1.77 bits per heavy atom. The largest absolute Gasteiger partial charge is 0.481 e. The van der Waals surface area contributed by atoms with Crippen LogP contribution in [0.2, 0.25) is 0 Å². The van der Waals surface area contributed by atoms with Gasteiger partial charge < -0.3 is 14.8 Å². The molecule has 0 fully saturated rings. The van der Waals surface area contributed by atoms with E-state index in [1.807, 2.05) is 31.2 Å². The van der Waals surface area contributed by atoms with E-state index in [1.165, 1.54) is 5.56 Å². The number of rotatable bonds is 8. The van der Waals surface area contributed by atoms with Crippen LogP contribution in [0.3, 0.4) is 0 Å². The van der Waals surface area contributed by atoms with Gasteiger partial charge in [0.1, 0.15) is 5.75 Å². The van der Waals surface area contributed by atoms with E-state index in [0.717, 1.165) is 6.42 Å². The van der Waals surface area contributed by atoms with E-state index in [1.54, 1.807) is 31.2 Å². The van der Waals surface area contributed by atoms with Crippen LogP contribution >= 0.6 is 0 Å². The average Bonchev–Trinajstić information content (AvgIpc) is 2.67. The van der Waals surface area contributed by atoms with Gasteiger partial charge >= 0.3 is 5.97 Å². The smallest absolute Gasteiger partial charge is 0.338 e. The highest BCUT2D eigenvalue weighted by molar-refractivity contribution is 5.96. The van der Waals surface area contributed by atoms with Crippen molar-refractivity contribution in [1.29, 1.82) is 0 Å². The van der Waals surface area contributed by atoms with Gasteiger partial charge in [0.05, 0.1) is 12.2 Å². The molecule has 2 aromatic rings. The maximum atomic E-state index is 12.5. The summed E-state index contributed by atoms with van der Waals surface area (Å²) in [5.41, 5.74) is 2.14. The van der Waals surface area contributed by atoms with Gasteiger partial charge in [0.2, 0.25) is 0 Å². The quantitative estimate of drug-likeness (QED) is 0.720. The highest BCUT2D eigenvalue weighted by Crippen LogP contribution is 2.17. The Morgan fingerprint density at radius 3 is 2.38 bits per heavy atom. The second-order valence-corrected chi connectivity index (χ2v) is 5.80. The molecule has 1 amide bonds. The predicted molar refractivity (Wildman–Crippen MR) is 102 cm³/mol. The molecule has 0 radical (unpaired) electrons. The molecule has 138 valence electrons. The summed E-state index contributed by atoms with van der Waals surface area (Å²) in [4.78, 5) is 24.3. The molecule has 5 nitrogen and oxygen atoms in total. The molecule has 0 aliphatic heterocycles. The van der Waals surface area contributed by atoms with Crippen molar-refractivity contribution in [3.8, 4) is 5.75 Å². The van der Waals surface area contributed by atoms with Crippen molar-refractivity contribution in [2.75, 3.05) is 11.9 Å². The summed E-state index contributed by atoms with van der Waals surface area (Å²) >= 11 is 0. The summed E-state index contributed by atoms with van der Waals surface area (Å²) in [7, 11) is 0. The van der Waals surface area contributed by atoms with E-state index < -0.39 is 12.1 Å². The van der Waals surface area contributed by atoms with Crippen LogP contribution in [0.4, 0.5) is 5.69 Å². The van der Waals surface area contributed by atoms with Gasteiger partial charge in [-0.3, -0.25) is 4.79 Å². The lowest BCUT2D eigenvalue weighted by molar-refractivity contribution is -0.122. The summed E-state index contributed by atoms with van der Waals surface area (Å²) in [6.45, 7) is 6.03. The minimum absolute atomic E-state index is 0.256. The van der Waals surface area contributed by atoms with E-state index in [4.69, 9.17) is 9.47 Å². The number of carbonyl (C=O) groups excluding carboxylic acids is 2. The number of esters is 1. The number of hydrogen-bond acceptors (Lipinski definition) is 4. The molecule has 0 saturated heterocycles. The minimum atomic E-state index is -0.617. The zero-order valence-corrected chi connectivity index (χ0v) is 15.5. The standard InChI is InChI=1S/C21H25NO4/c1-4-15-10-12-18(13-11-15)26-19(5-2)20(23)22-17-9-7-8-16(14-17)21(24)25-6-3/h7-14,19H,4-6H2,1-3H3,(H,22,23)/t19-/m1/s1. The van der Waals surface area contributed by atoms with Crippen LogP contribution in [-0.2, 0) is 16.0 Å². The molecule has 0 aliphatic carbocycles. The maximum absolute atomic E-state index is 12.5. The third-order valence-electron chi connectivity index (χ3n) is 3.91. The molecule has 0 aromatic heterocycles. The van der Waals surface area contributed by atoms with Crippen LogP contribution in [-0.4, -0.2) is 24.6 Å². The lowest BCUT2D eigenvalue weighted by Crippen LogP contribution is -2.32. The number of amides is 1. The lowest BCUT2D eigenvalue weighted by atomic mass is 10.1. The molecule has 0 heterocycles. The van der Waals surface area contributed by atoms with Gasteiger partial charge in [0, 0.05) is 5.69 Å². The normalized spacial score (nSPS) is 11.5. The summed E-state index contributed by atoms with van der Waals surface area (Å²) in [6, 6.07) is 14.4. The number of ether oxygens (including phenoxy) is 2. The van der Waals surface area contributed by atoms with Crippen molar-refractivity contribution >= 4 is 17.6 Å². The molecule has 1 N–H and O–H groups in total. The van der Waals surface area contributed by atoms with E-state index >= 15 is 0 Å². The second-order valence-electron chi connectivity index (χ2n) is 5.80. The zero-order chi connectivity index (χ0) is 18.9. The molecule has 0 saturated carbocycles. The van der Waals surface area contributed by atoms with Gasteiger partial charge in [-0.2, -0.15) is 0 Å². The third-order valence-corrected chi connectivity index (χ3v) is 3.91. The Balaban J connectivity index is 2.04. The summed E-state index contributed by atoms with van der Waals surface area (Å²) in [5.74, 6) is -0.0135. The SMILES string of the molecule is CCOC(=O)c1cccc(NC(=O)[C@@H](CC)Oc2ccc(CC)cc2)c1. The zero-order valence-electron chi connectivity index (χ0n) is 15.5. The van der Waals surface area contributed by atoms with E-state index in [-0.39, 0.29) is 5.91 Å².